The number of hydrogen-bond acceptors (Lipinski definition) is 6. The Kier molecular flexibility index (Phi) is 4.84. The van der Waals surface area contributed by atoms with E-state index in [1.165, 1.54) is 0 Å². The highest BCUT2D eigenvalue weighted by molar-refractivity contribution is 7.09. The van der Waals surface area contributed by atoms with Crippen molar-refractivity contribution in [1.29, 1.82) is 0 Å². The number of aryl methyl sites for hydroxylation is 1. The van der Waals surface area contributed by atoms with Crippen LogP contribution in [-0.2, 0) is 0 Å². The highest BCUT2D eigenvalue weighted by Crippen LogP contribution is 2.28. The molecule has 5 nitrogen and oxygen atoms in total. The lowest BCUT2D eigenvalue weighted by Gasteiger charge is -2.16. The SMILES string of the molecule is CCCOc1cncc(C(NN)c2scnc2C)c1. The topological polar surface area (TPSA) is 73.1 Å². The van der Waals surface area contributed by atoms with Gasteiger partial charge < -0.3 is 4.74 Å². The molecule has 19 heavy (non-hydrogen) atoms. The van der Waals surface area contributed by atoms with Crippen molar-refractivity contribution in [3.8, 4) is 5.75 Å². The van der Waals surface area contributed by atoms with Crippen molar-refractivity contribution in [1.82, 2.24) is 15.4 Å². The number of thiazole rings is 1. The molecule has 6 heteroatoms. The average Bonchev–Trinajstić information content (AvgIpc) is 2.84. The van der Waals surface area contributed by atoms with E-state index in [-0.39, 0.29) is 6.04 Å². The molecule has 0 saturated carbocycles. The third kappa shape index (κ3) is 3.28. The molecule has 0 aromatic carbocycles. The summed E-state index contributed by atoms with van der Waals surface area (Å²) in [5, 5.41) is 0. The fourth-order valence-corrected chi connectivity index (χ4v) is 2.69. The smallest absolute Gasteiger partial charge is 0.137 e. The van der Waals surface area contributed by atoms with Gasteiger partial charge >= 0.3 is 0 Å². The van der Waals surface area contributed by atoms with Gasteiger partial charge in [0.25, 0.3) is 0 Å². The monoisotopic (exact) mass is 278 g/mol. The lowest BCUT2D eigenvalue weighted by molar-refractivity contribution is 0.315. The number of aromatic nitrogens is 2. The van der Waals surface area contributed by atoms with Gasteiger partial charge in [0.05, 0.1) is 34.9 Å². The molecule has 102 valence electrons. The molecule has 0 aliphatic heterocycles. The number of pyridine rings is 1. The van der Waals surface area contributed by atoms with Crippen LogP contribution in [0, 0.1) is 6.92 Å². The molecule has 1 unspecified atom stereocenters. The molecule has 3 N–H and O–H groups in total. The largest absolute Gasteiger partial charge is 0.492 e. The van der Waals surface area contributed by atoms with E-state index in [0.717, 1.165) is 28.3 Å². The minimum atomic E-state index is -0.106. The summed E-state index contributed by atoms with van der Waals surface area (Å²) in [5.41, 5.74) is 6.59. The molecule has 0 amide bonds. The van der Waals surface area contributed by atoms with Gasteiger partial charge in [-0.05, 0) is 25.0 Å². The van der Waals surface area contributed by atoms with Crippen molar-refractivity contribution in [3.05, 3.63) is 40.1 Å². The van der Waals surface area contributed by atoms with E-state index in [4.69, 9.17) is 10.6 Å². The van der Waals surface area contributed by atoms with Crippen molar-refractivity contribution in [2.45, 2.75) is 26.3 Å². The zero-order chi connectivity index (χ0) is 13.7. The normalized spacial score (nSPS) is 12.4. The quantitative estimate of drug-likeness (QED) is 0.626. The first-order valence-corrected chi connectivity index (χ1v) is 7.08. The Bertz CT molecular complexity index is 529. The second-order valence-corrected chi connectivity index (χ2v) is 5.09. The minimum Gasteiger partial charge on any atom is -0.492 e. The highest BCUT2D eigenvalue weighted by Gasteiger charge is 2.17. The van der Waals surface area contributed by atoms with E-state index >= 15 is 0 Å². The first kappa shape index (κ1) is 13.9. The molecule has 2 heterocycles. The van der Waals surface area contributed by atoms with Gasteiger partial charge in [-0.1, -0.05) is 6.92 Å². The number of rotatable bonds is 6. The van der Waals surface area contributed by atoms with Crippen molar-refractivity contribution >= 4 is 11.3 Å². The van der Waals surface area contributed by atoms with Crippen LogP contribution >= 0.6 is 11.3 Å². The van der Waals surface area contributed by atoms with Crippen LogP contribution in [0.3, 0.4) is 0 Å². The molecule has 0 aliphatic carbocycles. The molecule has 2 aromatic rings. The third-order valence-corrected chi connectivity index (χ3v) is 3.75. The highest BCUT2D eigenvalue weighted by atomic mass is 32.1. The molecule has 0 fully saturated rings. The molecular formula is C13H18N4OS. The maximum Gasteiger partial charge on any atom is 0.137 e. The van der Waals surface area contributed by atoms with Gasteiger partial charge in [-0.25, -0.2) is 10.4 Å². The van der Waals surface area contributed by atoms with Gasteiger partial charge in [0.1, 0.15) is 5.75 Å². The fraction of sp³-hybridized carbons (Fsp3) is 0.385. The summed E-state index contributed by atoms with van der Waals surface area (Å²) >= 11 is 1.58. The van der Waals surface area contributed by atoms with Crippen LogP contribution < -0.4 is 16.0 Å². The Morgan fingerprint density at radius 3 is 2.95 bits per heavy atom. The van der Waals surface area contributed by atoms with Crippen molar-refractivity contribution in [3.63, 3.8) is 0 Å². The maximum atomic E-state index is 5.68. The van der Waals surface area contributed by atoms with Crippen LogP contribution in [0.15, 0.2) is 24.0 Å². The van der Waals surface area contributed by atoms with Gasteiger partial charge in [0.15, 0.2) is 0 Å². The molecule has 2 rings (SSSR count). The van der Waals surface area contributed by atoms with E-state index in [1.807, 2.05) is 18.5 Å². The van der Waals surface area contributed by atoms with E-state index in [9.17, 15) is 0 Å². The number of hydrazine groups is 1. The van der Waals surface area contributed by atoms with Crippen molar-refractivity contribution in [2.75, 3.05) is 6.61 Å². The Hall–Kier alpha value is -1.50. The molecule has 0 aliphatic rings. The van der Waals surface area contributed by atoms with E-state index < -0.39 is 0 Å². The third-order valence-electron chi connectivity index (χ3n) is 2.75. The number of nitrogens with one attached hydrogen (secondary N) is 1. The van der Waals surface area contributed by atoms with E-state index in [0.29, 0.717) is 6.61 Å². The summed E-state index contributed by atoms with van der Waals surface area (Å²) in [6, 6.07) is 1.86. The average molecular weight is 278 g/mol. The van der Waals surface area contributed by atoms with Crippen LogP contribution in [0.2, 0.25) is 0 Å². The number of ether oxygens (including phenoxy) is 1. The van der Waals surface area contributed by atoms with Crippen LogP contribution in [0.5, 0.6) is 5.75 Å². The molecule has 0 spiro atoms. The number of nitrogens with two attached hydrogens (primary N) is 1. The van der Waals surface area contributed by atoms with Crippen LogP contribution in [0.25, 0.3) is 0 Å². The van der Waals surface area contributed by atoms with Gasteiger partial charge in [-0.15, -0.1) is 11.3 Å². The first-order valence-electron chi connectivity index (χ1n) is 6.20. The molecule has 0 radical (unpaired) electrons. The molecule has 1 atom stereocenters. The summed E-state index contributed by atoms with van der Waals surface area (Å²) in [6.45, 7) is 4.73. The summed E-state index contributed by atoms with van der Waals surface area (Å²) in [7, 11) is 0. The Morgan fingerprint density at radius 1 is 1.47 bits per heavy atom. The van der Waals surface area contributed by atoms with Crippen molar-refractivity contribution in [2.24, 2.45) is 5.84 Å². The van der Waals surface area contributed by atoms with Gasteiger partial charge in [0.2, 0.25) is 0 Å². The van der Waals surface area contributed by atoms with Crippen LogP contribution in [0.1, 0.15) is 35.5 Å². The van der Waals surface area contributed by atoms with Gasteiger partial charge in [-0.2, -0.15) is 0 Å². The van der Waals surface area contributed by atoms with Crippen LogP contribution in [0.4, 0.5) is 0 Å². The lowest BCUT2D eigenvalue weighted by atomic mass is 10.1. The second kappa shape index (κ2) is 6.60. The van der Waals surface area contributed by atoms with Crippen molar-refractivity contribution < 1.29 is 4.74 Å². The zero-order valence-corrected chi connectivity index (χ0v) is 11.9. The molecular weight excluding hydrogens is 260 g/mol. The van der Waals surface area contributed by atoms with E-state index in [1.54, 1.807) is 23.7 Å². The molecule has 0 saturated heterocycles. The molecule has 0 bridgehead atoms. The summed E-state index contributed by atoms with van der Waals surface area (Å²) in [6.07, 6.45) is 4.48. The summed E-state index contributed by atoms with van der Waals surface area (Å²) in [4.78, 5) is 9.56. The zero-order valence-electron chi connectivity index (χ0n) is 11.1. The second-order valence-electron chi connectivity index (χ2n) is 4.20. The van der Waals surface area contributed by atoms with Gasteiger partial charge in [0, 0.05) is 6.20 Å². The summed E-state index contributed by atoms with van der Waals surface area (Å²) in [5.74, 6) is 6.44. The number of nitrogens with zero attached hydrogens (tertiary/aromatic N) is 2. The summed E-state index contributed by atoms with van der Waals surface area (Å²) < 4.78 is 5.59. The predicted octanol–water partition coefficient (Wildman–Crippen LogP) is 2.19. The van der Waals surface area contributed by atoms with Gasteiger partial charge in [-0.3, -0.25) is 10.8 Å². The first-order chi connectivity index (χ1) is 9.26. The fourth-order valence-electron chi connectivity index (χ4n) is 1.80. The lowest BCUT2D eigenvalue weighted by Crippen LogP contribution is -2.28. The Balaban J connectivity index is 2.26. The van der Waals surface area contributed by atoms with E-state index in [2.05, 4.69) is 22.3 Å². The Morgan fingerprint density at radius 2 is 2.32 bits per heavy atom. The predicted molar refractivity (Wildman–Crippen MR) is 76.0 cm³/mol. The minimum absolute atomic E-state index is 0.106. The number of hydrogen-bond donors (Lipinski definition) is 2. The molecule has 2 aromatic heterocycles. The maximum absolute atomic E-state index is 5.68. The Labute approximate surface area is 116 Å². The standard InChI is InChI=1S/C13H18N4OS/c1-3-4-18-11-5-10(6-15-7-11)12(17-14)13-9(2)16-8-19-13/h5-8,12,17H,3-4,14H2,1-2H3. The van der Waals surface area contributed by atoms with Crippen LogP contribution in [-0.4, -0.2) is 16.6 Å².